The second-order valence-electron chi connectivity index (χ2n) is 3.06. The molecule has 3 heterocycles. The van der Waals surface area contributed by atoms with E-state index in [1.807, 2.05) is 0 Å². The van der Waals surface area contributed by atoms with Crippen LogP contribution in [0.1, 0.15) is 0 Å². The van der Waals surface area contributed by atoms with Gasteiger partial charge in [-0.1, -0.05) is 5.16 Å². The van der Waals surface area contributed by atoms with Crippen molar-refractivity contribution < 1.29 is 4.52 Å². The largest absolute Gasteiger partial charge is 0.383 e. The van der Waals surface area contributed by atoms with E-state index in [0.29, 0.717) is 28.9 Å². The smallest absolute Gasteiger partial charge is 0.263 e. The van der Waals surface area contributed by atoms with Gasteiger partial charge in [0.05, 0.1) is 6.20 Å². The summed E-state index contributed by atoms with van der Waals surface area (Å²) in [5, 5.41) is 10.1. The molecule has 0 aliphatic heterocycles. The summed E-state index contributed by atoms with van der Waals surface area (Å²) in [5.74, 6) is 1.60. The first-order valence-electron chi connectivity index (χ1n) is 4.47. The molecular formula is C8H7N7O. The fourth-order valence-electron chi connectivity index (χ4n) is 1.28. The van der Waals surface area contributed by atoms with Gasteiger partial charge in [0.2, 0.25) is 5.82 Å². The summed E-state index contributed by atoms with van der Waals surface area (Å²) in [4.78, 5) is 11.0. The van der Waals surface area contributed by atoms with Crippen molar-refractivity contribution in [1.82, 2.24) is 30.3 Å². The summed E-state index contributed by atoms with van der Waals surface area (Å²) in [5.41, 5.74) is 6.21. The van der Waals surface area contributed by atoms with E-state index in [1.54, 1.807) is 12.4 Å². The molecule has 0 saturated heterocycles. The van der Waals surface area contributed by atoms with Crippen LogP contribution in [-0.4, -0.2) is 30.3 Å². The molecule has 0 radical (unpaired) electrons. The van der Waals surface area contributed by atoms with Gasteiger partial charge >= 0.3 is 0 Å². The highest BCUT2D eigenvalue weighted by molar-refractivity contribution is 5.66. The lowest BCUT2D eigenvalue weighted by atomic mass is 10.3. The lowest BCUT2D eigenvalue weighted by molar-refractivity contribution is 0.432. The fourth-order valence-corrected chi connectivity index (χ4v) is 1.28. The van der Waals surface area contributed by atoms with E-state index < -0.39 is 0 Å². The molecule has 0 aromatic carbocycles. The van der Waals surface area contributed by atoms with E-state index in [0.717, 1.165) is 0 Å². The van der Waals surface area contributed by atoms with Crippen molar-refractivity contribution >= 4 is 5.82 Å². The van der Waals surface area contributed by atoms with E-state index in [-0.39, 0.29) is 0 Å². The molecule has 0 fully saturated rings. The van der Waals surface area contributed by atoms with Crippen molar-refractivity contribution in [2.75, 3.05) is 5.73 Å². The molecule has 0 unspecified atom stereocenters. The molecule has 0 amide bonds. The molecule has 3 rings (SSSR count). The maximum absolute atomic E-state index is 5.63. The molecule has 0 bridgehead atoms. The first kappa shape index (κ1) is 8.65. The van der Waals surface area contributed by atoms with E-state index >= 15 is 0 Å². The third kappa shape index (κ3) is 1.24. The topological polar surface area (TPSA) is 122 Å². The average molecular weight is 217 g/mol. The highest BCUT2D eigenvalue weighted by atomic mass is 16.5. The number of nitrogens with zero attached hydrogens (tertiary/aromatic N) is 4. The van der Waals surface area contributed by atoms with E-state index in [9.17, 15) is 0 Å². The second-order valence-corrected chi connectivity index (χ2v) is 3.06. The zero-order valence-corrected chi connectivity index (χ0v) is 8.01. The third-order valence-electron chi connectivity index (χ3n) is 2.04. The van der Waals surface area contributed by atoms with Gasteiger partial charge in [0.1, 0.15) is 11.4 Å². The Balaban J connectivity index is 2.03. The molecule has 0 aliphatic rings. The van der Waals surface area contributed by atoms with Gasteiger partial charge in [0.15, 0.2) is 5.82 Å². The van der Waals surface area contributed by atoms with Crippen LogP contribution in [0.3, 0.4) is 0 Å². The minimum Gasteiger partial charge on any atom is -0.383 e. The van der Waals surface area contributed by atoms with Gasteiger partial charge in [-0.3, -0.25) is 5.10 Å². The number of anilines is 1. The number of nitrogens with two attached hydrogens (primary N) is 1. The van der Waals surface area contributed by atoms with Gasteiger partial charge < -0.3 is 15.2 Å². The fraction of sp³-hybridized carbons (Fsp3) is 0. The third-order valence-corrected chi connectivity index (χ3v) is 2.04. The summed E-state index contributed by atoms with van der Waals surface area (Å²) in [7, 11) is 0. The number of nitrogen functional groups attached to an aromatic ring is 1. The van der Waals surface area contributed by atoms with Crippen LogP contribution in [0.15, 0.2) is 23.1 Å². The normalized spacial score (nSPS) is 10.8. The maximum atomic E-state index is 5.63. The Bertz CT molecular complexity index is 593. The van der Waals surface area contributed by atoms with Crippen molar-refractivity contribution in [3.05, 3.63) is 18.6 Å². The van der Waals surface area contributed by atoms with E-state index in [4.69, 9.17) is 10.3 Å². The number of hydrogen-bond acceptors (Lipinski definition) is 6. The molecule has 0 saturated carbocycles. The summed E-state index contributed by atoms with van der Waals surface area (Å²) in [6.07, 6.45) is 4.81. The monoisotopic (exact) mass is 217 g/mol. The summed E-state index contributed by atoms with van der Waals surface area (Å²) in [6.45, 7) is 0. The highest BCUT2D eigenvalue weighted by Gasteiger charge is 2.15. The molecular weight excluding hydrogens is 210 g/mol. The second kappa shape index (κ2) is 3.19. The van der Waals surface area contributed by atoms with Crippen LogP contribution in [0.4, 0.5) is 5.82 Å². The summed E-state index contributed by atoms with van der Waals surface area (Å²) in [6, 6.07) is 0. The molecule has 16 heavy (non-hydrogen) atoms. The zero-order chi connectivity index (χ0) is 11.0. The number of H-pyrrole nitrogens is 2. The van der Waals surface area contributed by atoms with Crippen molar-refractivity contribution in [2.45, 2.75) is 0 Å². The Morgan fingerprint density at radius 1 is 1.38 bits per heavy atom. The molecule has 8 nitrogen and oxygen atoms in total. The Labute approximate surface area is 88.9 Å². The Morgan fingerprint density at radius 2 is 2.31 bits per heavy atom. The quantitative estimate of drug-likeness (QED) is 0.572. The minimum absolute atomic E-state index is 0.303. The van der Waals surface area contributed by atoms with Crippen LogP contribution in [0, 0.1) is 0 Å². The molecule has 4 N–H and O–H groups in total. The predicted molar refractivity (Wildman–Crippen MR) is 53.9 cm³/mol. The van der Waals surface area contributed by atoms with Gasteiger partial charge in [-0.05, 0) is 0 Å². The minimum atomic E-state index is 0.303. The average Bonchev–Trinajstić information content (AvgIpc) is 2.96. The number of aromatic amines is 2. The van der Waals surface area contributed by atoms with Crippen LogP contribution >= 0.6 is 0 Å². The number of rotatable bonds is 2. The molecule has 3 aromatic heterocycles. The van der Waals surface area contributed by atoms with E-state index in [1.165, 1.54) is 6.20 Å². The zero-order valence-electron chi connectivity index (χ0n) is 8.01. The maximum Gasteiger partial charge on any atom is 0.263 e. The van der Waals surface area contributed by atoms with Crippen molar-refractivity contribution in [3.8, 4) is 23.1 Å². The van der Waals surface area contributed by atoms with Gasteiger partial charge in [0.25, 0.3) is 5.89 Å². The summed E-state index contributed by atoms with van der Waals surface area (Å²) < 4.78 is 5.05. The lowest BCUT2D eigenvalue weighted by Gasteiger charge is -1.87. The van der Waals surface area contributed by atoms with Crippen molar-refractivity contribution in [2.24, 2.45) is 0 Å². The Hall–Kier alpha value is -2.64. The Kier molecular flexibility index (Phi) is 1.72. The molecule has 0 atom stereocenters. The number of aromatic nitrogens is 6. The molecule has 80 valence electrons. The Morgan fingerprint density at radius 3 is 3.00 bits per heavy atom. The van der Waals surface area contributed by atoms with Crippen LogP contribution in [0.2, 0.25) is 0 Å². The SMILES string of the molecule is Nc1[nH]ncc1-c1nc(-c2ncc[nH]2)no1. The van der Waals surface area contributed by atoms with E-state index in [2.05, 4.69) is 30.3 Å². The van der Waals surface area contributed by atoms with Crippen molar-refractivity contribution in [1.29, 1.82) is 0 Å². The van der Waals surface area contributed by atoms with Gasteiger partial charge in [-0.15, -0.1) is 0 Å². The van der Waals surface area contributed by atoms with Crippen molar-refractivity contribution in [3.63, 3.8) is 0 Å². The highest BCUT2D eigenvalue weighted by Crippen LogP contribution is 2.23. The molecule has 8 heteroatoms. The van der Waals surface area contributed by atoms with Crippen LogP contribution in [0.25, 0.3) is 23.1 Å². The molecule has 0 aliphatic carbocycles. The molecule has 3 aromatic rings. The van der Waals surface area contributed by atoms with Gasteiger partial charge in [0, 0.05) is 12.4 Å². The van der Waals surface area contributed by atoms with Gasteiger partial charge in [-0.2, -0.15) is 10.1 Å². The molecule has 0 spiro atoms. The first-order valence-corrected chi connectivity index (χ1v) is 4.47. The van der Waals surface area contributed by atoms with Crippen LogP contribution in [-0.2, 0) is 0 Å². The van der Waals surface area contributed by atoms with Crippen LogP contribution < -0.4 is 5.73 Å². The number of imidazole rings is 1. The standard InChI is InChI=1S/C8H7N7O/c9-5-4(3-12-14-5)8-13-7(15-16-8)6-10-1-2-11-6/h1-3H,(H,10,11)(H3,9,12,14). The number of nitrogens with one attached hydrogen (secondary N) is 2. The van der Waals surface area contributed by atoms with Gasteiger partial charge in [-0.25, -0.2) is 4.98 Å². The predicted octanol–water partition coefficient (Wildman–Crippen LogP) is 0.432. The lowest BCUT2D eigenvalue weighted by Crippen LogP contribution is -1.88. The number of hydrogen-bond donors (Lipinski definition) is 3. The first-order chi connectivity index (χ1) is 7.84. The summed E-state index contributed by atoms with van der Waals surface area (Å²) >= 11 is 0. The van der Waals surface area contributed by atoms with Crippen LogP contribution in [0.5, 0.6) is 0 Å².